The van der Waals surface area contributed by atoms with Crippen molar-refractivity contribution < 1.29 is 9.53 Å². The van der Waals surface area contributed by atoms with Crippen LogP contribution in [-0.2, 0) is 4.79 Å². The first-order chi connectivity index (χ1) is 11.1. The van der Waals surface area contributed by atoms with Gasteiger partial charge in [-0.3, -0.25) is 4.79 Å². The maximum atomic E-state index is 12.2. The van der Waals surface area contributed by atoms with E-state index in [9.17, 15) is 4.79 Å². The number of fused-ring (bicyclic) bond motifs is 1. The molecule has 3 aromatic rings. The molecule has 0 fully saturated rings. The molecule has 1 atom stereocenters. The molecule has 0 bridgehead atoms. The van der Waals surface area contributed by atoms with Gasteiger partial charge in [0.2, 0.25) is 0 Å². The maximum absolute atomic E-state index is 12.2. The number of ether oxygens (including phenoxy) is 1. The van der Waals surface area contributed by atoms with Crippen molar-refractivity contribution in [2.24, 2.45) is 0 Å². The SMILES string of the molecule is C[C@H](Oc1ccc2ccccc2c1)C(=O)Nc1ccc(Cl)cc1. The van der Waals surface area contributed by atoms with E-state index in [1.165, 1.54) is 0 Å². The highest BCUT2D eigenvalue weighted by atomic mass is 35.5. The molecule has 0 saturated carbocycles. The lowest BCUT2D eigenvalue weighted by molar-refractivity contribution is -0.122. The van der Waals surface area contributed by atoms with Crippen LogP contribution >= 0.6 is 11.6 Å². The molecule has 23 heavy (non-hydrogen) atoms. The number of hydrogen-bond acceptors (Lipinski definition) is 2. The molecule has 0 saturated heterocycles. The normalized spacial score (nSPS) is 11.9. The van der Waals surface area contributed by atoms with Gasteiger partial charge in [0.25, 0.3) is 5.91 Å². The Kier molecular flexibility index (Phi) is 4.49. The van der Waals surface area contributed by atoms with Crippen LogP contribution in [0.3, 0.4) is 0 Å². The predicted octanol–water partition coefficient (Wildman–Crippen LogP) is 4.90. The molecule has 0 aliphatic heterocycles. The van der Waals surface area contributed by atoms with Crippen LogP contribution in [0.25, 0.3) is 10.8 Å². The second-order valence-corrected chi connectivity index (χ2v) is 5.70. The molecule has 3 rings (SSSR count). The lowest BCUT2D eigenvalue weighted by atomic mass is 10.1. The summed E-state index contributed by atoms with van der Waals surface area (Å²) in [6.07, 6.45) is -0.605. The zero-order valence-corrected chi connectivity index (χ0v) is 13.4. The number of anilines is 1. The van der Waals surface area contributed by atoms with Gasteiger partial charge in [0.05, 0.1) is 0 Å². The molecule has 0 spiro atoms. The van der Waals surface area contributed by atoms with Crippen LogP contribution in [0.4, 0.5) is 5.69 Å². The first kappa shape index (κ1) is 15.4. The standard InChI is InChI=1S/C19H16ClNO2/c1-13(19(22)21-17-9-7-16(20)8-10-17)23-18-11-6-14-4-2-3-5-15(14)12-18/h2-13H,1H3,(H,21,22)/t13-/m0/s1. The van der Waals surface area contributed by atoms with Gasteiger partial charge >= 0.3 is 0 Å². The van der Waals surface area contributed by atoms with E-state index in [-0.39, 0.29) is 5.91 Å². The average molecular weight is 326 g/mol. The number of hydrogen-bond donors (Lipinski definition) is 1. The van der Waals surface area contributed by atoms with E-state index in [1.807, 2.05) is 42.5 Å². The summed E-state index contributed by atoms with van der Waals surface area (Å²) in [5.74, 6) is 0.461. The number of nitrogens with one attached hydrogen (secondary N) is 1. The molecule has 3 aromatic carbocycles. The van der Waals surface area contributed by atoms with Crippen molar-refractivity contribution in [3.05, 3.63) is 71.8 Å². The fraction of sp³-hybridized carbons (Fsp3) is 0.105. The van der Waals surface area contributed by atoms with Crippen LogP contribution in [0.2, 0.25) is 5.02 Å². The zero-order valence-electron chi connectivity index (χ0n) is 12.6. The Morgan fingerprint density at radius 1 is 1.00 bits per heavy atom. The van der Waals surface area contributed by atoms with E-state index >= 15 is 0 Å². The number of benzene rings is 3. The minimum Gasteiger partial charge on any atom is -0.481 e. The van der Waals surface area contributed by atoms with Gasteiger partial charge in [-0.1, -0.05) is 41.9 Å². The Labute approximate surface area is 139 Å². The van der Waals surface area contributed by atoms with E-state index in [0.717, 1.165) is 10.8 Å². The molecular formula is C19H16ClNO2. The van der Waals surface area contributed by atoms with E-state index in [1.54, 1.807) is 31.2 Å². The molecular weight excluding hydrogens is 310 g/mol. The summed E-state index contributed by atoms with van der Waals surface area (Å²) in [6.45, 7) is 1.72. The van der Waals surface area contributed by atoms with Crippen molar-refractivity contribution in [1.82, 2.24) is 0 Å². The predicted molar refractivity (Wildman–Crippen MR) is 94.1 cm³/mol. The van der Waals surface area contributed by atoms with Crippen molar-refractivity contribution in [2.75, 3.05) is 5.32 Å². The Balaban J connectivity index is 1.68. The number of amides is 1. The topological polar surface area (TPSA) is 38.3 Å². The lowest BCUT2D eigenvalue weighted by Crippen LogP contribution is -2.30. The van der Waals surface area contributed by atoms with Gasteiger partial charge in [-0.05, 0) is 54.1 Å². The van der Waals surface area contributed by atoms with Crippen LogP contribution in [0, 0.1) is 0 Å². The molecule has 116 valence electrons. The van der Waals surface area contributed by atoms with Crippen LogP contribution in [0.15, 0.2) is 66.7 Å². The third-order valence-electron chi connectivity index (χ3n) is 3.51. The van der Waals surface area contributed by atoms with E-state index in [2.05, 4.69) is 5.32 Å². The van der Waals surface area contributed by atoms with Crippen LogP contribution in [0.5, 0.6) is 5.75 Å². The van der Waals surface area contributed by atoms with E-state index in [4.69, 9.17) is 16.3 Å². The largest absolute Gasteiger partial charge is 0.481 e. The summed E-state index contributed by atoms with van der Waals surface area (Å²) in [4.78, 5) is 12.2. The highest BCUT2D eigenvalue weighted by Crippen LogP contribution is 2.22. The Bertz CT molecular complexity index is 830. The summed E-state index contributed by atoms with van der Waals surface area (Å²) in [7, 11) is 0. The van der Waals surface area contributed by atoms with Gasteiger partial charge in [0.15, 0.2) is 6.10 Å². The molecule has 1 N–H and O–H groups in total. The van der Waals surface area contributed by atoms with Gasteiger partial charge in [-0.25, -0.2) is 0 Å². The molecule has 0 aromatic heterocycles. The summed E-state index contributed by atoms with van der Waals surface area (Å²) >= 11 is 5.83. The fourth-order valence-electron chi connectivity index (χ4n) is 2.28. The Morgan fingerprint density at radius 3 is 2.43 bits per heavy atom. The smallest absolute Gasteiger partial charge is 0.265 e. The van der Waals surface area contributed by atoms with Gasteiger partial charge < -0.3 is 10.1 Å². The summed E-state index contributed by atoms with van der Waals surface area (Å²) in [5.41, 5.74) is 0.688. The third kappa shape index (κ3) is 3.82. The minimum atomic E-state index is -0.605. The van der Waals surface area contributed by atoms with Crippen molar-refractivity contribution >= 4 is 34.0 Å². The summed E-state index contributed by atoms with van der Waals surface area (Å²) in [6, 6.07) is 20.8. The van der Waals surface area contributed by atoms with Gasteiger partial charge in [-0.2, -0.15) is 0 Å². The van der Waals surface area contributed by atoms with Crippen LogP contribution < -0.4 is 10.1 Å². The van der Waals surface area contributed by atoms with Crippen LogP contribution in [0.1, 0.15) is 6.92 Å². The monoisotopic (exact) mass is 325 g/mol. The molecule has 0 unspecified atom stereocenters. The highest BCUT2D eigenvalue weighted by Gasteiger charge is 2.15. The summed E-state index contributed by atoms with van der Waals surface area (Å²) in [5, 5.41) is 5.65. The van der Waals surface area contributed by atoms with Crippen molar-refractivity contribution in [1.29, 1.82) is 0 Å². The maximum Gasteiger partial charge on any atom is 0.265 e. The Morgan fingerprint density at radius 2 is 1.70 bits per heavy atom. The number of rotatable bonds is 4. The summed E-state index contributed by atoms with van der Waals surface area (Å²) < 4.78 is 5.74. The van der Waals surface area contributed by atoms with Crippen LogP contribution in [-0.4, -0.2) is 12.0 Å². The molecule has 0 radical (unpaired) electrons. The number of carbonyl (C=O) groups is 1. The number of carbonyl (C=O) groups excluding carboxylic acids is 1. The van der Waals surface area contributed by atoms with Crippen molar-refractivity contribution in [3.63, 3.8) is 0 Å². The second kappa shape index (κ2) is 6.71. The lowest BCUT2D eigenvalue weighted by Gasteiger charge is -2.15. The average Bonchev–Trinajstić information content (AvgIpc) is 2.56. The number of halogens is 1. The fourth-order valence-corrected chi connectivity index (χ4v) is 2.40. The van der Waals surface area contributed by atoms with Gasteiger partial charge in [0, 0.05) is 10.7 Å². The van der Waals surface area contributed by atoms with E-state index < -0.39 is 6.10 Å². The molecule has 3 nitrogen and oxygen atoms in total. The third-order valence-corrected chi connectivity index (χ3v) is 3.77. The molecule has 1 amide bonds. The second-order valence-electron chi connectivity index (χ2n) is 5.27. The minimum absolute atomic E-state index is 0.208. The molecule has 0 heterocycles. The first-order valence-corrected chi connectivity index (χ1v) is 7.71. The zero-order chi connectivity index (χ0) is 16.2. The quantitative estimate of drug-likeness (QED) is 0.741. The molecule has 0 aliphatic rings. The Hall–Kier alpha value is -2.52. The van der Waals surface area contributed by atoms with Gasteiger partial charge in [-0.15, -0.1) is 0 Å². The van der Waals surface area contributed by atoms with Gasteiger partial charge in [0.1, 0.15) is 5.75 Å². The highest BCUT2D eigenvalue weighted by molar-refractivity contribution is 6.30. The molecule has 0 aliphatic carbocycles. The first-order valence-electron chi connectivity index (χ1n) is 7.34. The van der Waals surface area contributed by atoms with Crippen molar-refractivity contribution in [2.45, 2.75) is 13.0 Å². The van der Waals surface area contributed by atoms with Crippen molar-refractivity contribution in [3.8, 4) is 5.75 Å². The molecule has 4 heteroatoms. The van der Waals surface area contributed by atoms with E-state index in [0.29, 0.717) is 16.5 Å².